The Morgan fingerprint density at radius 2 is 1.75 bits per heavy atom. The van der Waals surface area contributed by atoms with Gasteiger partial charge in [0.05, 0.1) is 5.69 Å². The van der Waals surface area contributed by atoms with Gasteiger partial charge in [-0.25, -0.2) is 4.99 Å². The van der Waals surface area contributed by atoms with Crippen LogP contribution in [0.25, 0.3) is 4.96 Å². The number of nitrogens with zero attached hydrogens (tertiary/aromatic N) is 6. The van der Waals surface area contributed by atoms with Crippen LogP contribution in [0.4, 0.5) is 5.69 Å². The number of benzene rings is 2. The molecule has 0 saturated carbocycles. The van der Waals surface area contributed by atoms with Gasteiger partial charge in [-0.1, -0.05) is 47.7 Å². The molecule has 0 N–H and O–H groups in total. The number of carbonyl (C=O) groups is 1. The molecule has 0 fully saturated rings. The highest BCUT2D eigenvalue weighted by Gasteiger charge is 2.20. The van der Waals surface area contributed by atoms with Gasteiger partial charge in [0.25, 0.3) is 5.91 Å². The first-order chi connectivity index (χ1) is 15.7. The van der Waals surface area contributed by atoms with E-state index >= 15 is 0 Å². The second-order valence-corrected chi connectivity index (χ2v) is 7.88. The minimum atomic E-state index is -0.259. The molecule has 2 aromatic carbocycles. The van der Waals surface area contributed by atoms with Crippen LogP contribution in [0.3, 0.4) is 0 Å². The van der Waals surface area contributed by atoms with Crippen LogP contribution in [0.2, 0.25) is 0 Å². The monoisotopic (exact) mass is 442 g/mol. The highest BCUT2D eigenvalue weighted by molar-refractivity contribution is 7.14. The quantitative estimate of drug-likeness (QED) is 0.413. The minimum Gasteiger partial charge on any atom is -0.485 e. The predicted octanol–water partition coefficient (Wildman–Crippen LogP) is 3.80. The van der Waals surface area contributed by atoms with Gasteiger partial charge in [0.2, 0.25) is 9.76 Å². The van der Waals surface area contributed by atoms with Crippen LogP contribution < -0.4 is 9.54 Å². The second-order valence-electron chi connectivity index (χ2n) is 6.95. The van der Waals surface area contributed by atoms with Crippen molar-refractivity contribution in [2.24, 2.45) is 4.99 Å². The second kappa shape index (κ2) is 8.56. The molecule has 0 aliphatic carbocycles. The average molecular weight is 443 g/mol. The fraction of sp³-hybridized carbons (Fsp3) is 0.0870. The Kier molecular flexibility index (Phi) is 5.30. The van der Waals surface area contributed by atoms with Crippen molar-refractivity contribution in [2.75, 3.05) is 0 Å². The van der Waals surface area contributed by atoms with Crippen molar-refractivity contribution >= 4 is 27.9 Å². The lowest BCUT2D eigenvalue weighted by Crippen LogP contribution is -2.29. The summed E-state index contributed by atoms with van der Waals surface area (Å²) in [6.45, 7) is 2.13. The molecule has 9 heteroatoms. The maximum atomic E-state index is 13.5. The molecule has 0 amide bonds. The van der Waals surface area contributed by atoms with Crippen molar-refractivity contribution in [3.05, 3.63) is 101 Å². The SMILES string of the molecule is Cc1ccccc1OCc1nnc2sc(=Nc3ccccc3)n(C(=O)c3ccncc3)n12. The highest BCUT2D eigenvalue weighted by Crippen LogP contribution is 2.19. The first-order valence-electron chi connectivity index (χ1n) is 9.90. The number of fused-ring (bicyclic) bond motifs is 1. The first kappa shape index (κ1) is 19.8. The van der Waals surface area contributed by atoms with Crippen molar-refractivity contribution in [1.29, 1.82) is 0 Å². The van der Waals surface area contributed by atoms with Crippen LogP contribution in [0.5, 0.6) is 5.75 Å². The lowest BCUT2D eigenvalue weighted by molar-refractivity contribution is 0.0933. The zero-order valence-corrected chi connectivity index (χ0v) is 17.9. The topological polar surface area (TPSA) is 86.7 Å². The zero-order valence-electron chi connectivity index (χ0n) is 17.1. The van der Waals surface area contributed by atoms with Gasteiger partial charge in [0, 0.05) is 18.0 Å². The number of rotatable bonds is 5. The molecule has 0 atom stereocenters. The van der Waals surface area contributed by atoms with Crippen LogP contribution in [0.15, 0.2) is 84.1 Å². The number of hydrogen-bond donors (Lipinski definition) is 0. The van der Waals surface area contributed by atoms with Crippen LogP contribution in [-0.4, -0.2) is 30.3 Å². The van der Waals surface area contributed by atoms with E-state index in [4.69, 9.17) is 4.74 Å². The van der Waals surface area contributed by atoms with Gasteiger partial charge < -0.3 is 4.74 Å². The molecule has 0 spiro atoms. The number of hydrogen-bond acceptors (Lipinski definition) is 7. The number of aryl methyl sites for hydroxylation is 1. The van der Waals surface area contributed by atoms with Gasteiger partial charge in [-0.15, -0.1) is 10.2 Å². The smallest absolute Gasteiger partial charge is 0.279 e. The van der Waals surface area contributed by atoms with E-state index in [-0.39, 0.29) is 12.5 Å². The third kappa shape index (κ3) is 3.81. The van der Waals surface area contributed by atoms with Crippen molar-refractivity contribution in [2.45, 2.75) is 13.5 Å². The summed E-state index contributed by atoms with van der Waals surface area (Å²) in [4.78, 5) is 23.2. The molecule has 0 aliphatic heterocycles. The number of pyridine rings is 1. The van der Waals surface area contributed by atoms with E-state index in [1.54, 1.807) is 29.0 Å². The lowest BCUT2D eigenvalue weighted by atomic mass is 10.2. The standard InChI is InChI=1S/C23H18N6O2S/c1-16-7-5-6-10-19(16)31-15-20-26-27-23-28(20)29(21(30)17-11-13-24-14-12-17)22(32-23)25-18-8-3-2-4-9-18/h2-14H,15H2,1H3. The maximum Gasteiger partial charge on any atom is 0.279 e. The van der Waals surface area contributed by atoms with Crippen LogP contribution in [-0.2, 0) is 6.61 Å². The molecule has 5 rings (SSSR count). The molecular weight excluding hydrogens is 424 g/mol. The van der Waals surface area contributed by atoms with E-state index in [0.29, 0.717) is 21.2 Å². The fourth-order valence-corrected chi connectivity index (χ4v) is 4.12. The van der Waals surface area contributed by atoms with E-state index in [0.717, 1.165) is 17.0 Å². The third-order valence-corrected chi connectivity index (χ3v) is 5.68. The summed E-state index contributed by atoms with van der Waals surface area (Å²) >= 11 is 1.28. The van der Waals surface area contributed by atoms with Gasteiger partial charge in [0.15, 0.2) is 5.82 Å². The molecule has 8 nitrogen and oxygen atoms in total. The van der Waals surface area contributed by atoms with Gasteiger partial charge in [0.1, 0.15) is 12.4 Å². The Hall–Kier alpha value is -4.11. The summed E-state index contributed by atoms with van der Waals surface area (Å²) in [5, 5.41) is 8.51. The summed E-state index contributed by atoms with van der Waals surface area (Å²) in [6, 6.07) is 20.5. The maximum absolute atomic E-state index is 13.5. The van der Waals surface area contributed by atoms with Gasteiger partial charge >= 0.3 is 0 Å². The van der Waals surface area contributed by atoms with E-state index in [2.05, 4.69) is 20.2 Å². The number of aromatic nitrogens is 5. The van der Waals surface area contributed by atoms with Gasteiger partial charge in [-0.2, -0.15) is 9.20 Å². The molecule has 3 heterocycles. The molecule has 0 bridgehead atoms. The summed E-state index contributed by atoms with van der Waals surface area (Å²) in [7, 11) is 0. The van der Waals surface area contributed by atoms with E-state index in [1.165, 1.54) is 16.0 Å². The van der Waals surface area contributed by atoms with Crippen LogP contribution >= 0.6 is 11.3 Å². The minimum absolute atomic E-state index is 0.150. The Morgan fingerprint density at radius 1 is 1.00 bits per heavy atom. The summed E-state index contributed by atoms with van der Waals surface area (Å²) in [5.74, 6) is 0.988. The normalized spacial score (nSPS) is 11.7. The molecule has 0 unspecified atom stereocenters. The van der Waals surface area contributed by atoms with Crippen molar-refractivity contribution in [1.82, 2.24) is 24.4 Å². The number of carbonyl (C=O) groups excluding carboxylic acids is 1. The molecular formula is C23H18N6O2S. The largest absolute Gasteiger partial charge is 0.485 e. The van der Waals surface area contributed by atoms with Crippen molar-refractivity contribution in [3.8, 4) is 5.75 Å². The summed E-state index contributed by atoms with van der Waals surface area (Å²) in [5.41, 5.74) is 2.23. The Balaban J connectivity index is 1.64. The average Bonchev–Trinajstić information content (AvgIpc) is 3.38. The van der Waals surface area contributed by atoms with Crippen LogP contribution in [0.1, 0.15) is 21.7 Å². The Bertz CT molecular complexity index is 1450. The molecule has 158 valence electrons. The van der Waals surface area contributed by atoms with Gasteiger partial charge in [-0.3, -0.25) is 9.78 Å². The lowest BCUT2D eigenvalue weighted by Gasteiger charge is -2.09. The van der Waals surface area contributed by atoms with Crippen molar-refractivity contribution < 1.29 is 9.53 Å². The number of ether oxygens (including phenoxy) is 1. The first-order valence-corrected chi connectivity index (χ1v) is 10.7. The molecule has 3 aromatic heterocycles. The summed E-state index contributed by atoms with van der Waals surface area (Å²) < 4.78 is 9.12. The Labute approximate surface area is 187 Å². The van der Waals surface area contributed by atoms with Crippen molar-refractivity contribution in [3.63, 3.8) is 0 Å². The molecule has 0 saturated heterocycles. The predicted molar refractivity (Wildman–Crippen MR) is 120 cm³/mol. The Morgan fingerprint density at radius 3 is 2.53 bits per heavy atom. The summed E-state index contributed by atoms with van der Waals surface area (Å²) in [6.07, 6.45) is 3.17. The highest BCUT2D eigenvalue weighted by atomic mass is 32.1. The zero-order chi connectivity index (χ0) is 21.9. The van der Waals surface area contributed by atoms with Gasteiger partial charge in [-0.05, 0) is 42.8 Å². The molecule has 32 heavy (non-hydrogen) atoms. The molecule has 0 radical (unpaired) electrons. The molecule has 0 aliphatic rings. The van der Waals surface area contributed by atoms with E-state index in [9.17, 15) is 4.79 Å². The van der Waals surface area contributed by atoms with E-state index < -0.39 is 0 Å². The third-order valence-electron chi connectivity index (χ3n) is 4.79. The molecule has 5 aromatic rings. The fourth-order valence-electron chi connectivity index (χ4n) is 3.20. The van der Waals surface area contributed by atoms with E-state index in [1.807, 2.05) is 61.5 Å². The van der Waals surface area contributed by atoms with Crippen LogP contribution in [0, 0.1) is 6.92 Å². The number of para-hydroxylation sites is 2.